The first-order chi connectivity index (χ1) is 18.1. The fraction of sp³-hybridized carbons (Fsp3) is 0.0333. The first-order valence-corrected chi connectivity index (χ1v) is 11.6. The van der Waals surface area contributed by atoms with Gasteiger partial charge in [-0.2, -0.15) is 5.10 Å². The number of benzene rings is 3. The van der Waals surface area contributed by atoms with Crippen molar-refractivity contribution in [1.82, 2.24) is 9.78 Å². The number of para-hydroxylation sites is 1. The number of carbonyl (C=O) groups is 2. The van der Waals surface area contributed by atoms with Crippen LogP contribution in [0.5, 0.6) is 5.75 Å². The smallest absolute Gasteiger partial charge is 0.291 e. The van der Waals surface area contributed by atoms with Crippen LogP contribution >= 0.6 is 0 Å². The van der Waals surface area contributed by atoms with Gasteiger partial charge in [0.1, 0.15) is 5.75 Å². The molecule has 7 nitrogen and oxygen atoms in total. The molecule has 0 aliphatic carbocycles. The summed E-state index contributed by atoms with van der Waals surface area (Å²) < 4.78 is 12.2. The van der Waals surface area contributed by atoms with E-state index in [9.17, 15) is 9.59 Å². The summed E-state index contributed by atoms with van der Waals surface area (Å²) in [5.74, 6) is 0.441. The van der Waals surface area contributed by atoms with Crippen LogP contribution in [0.4, 0.5) is 5.69 Å². The third kappa shape index (κ3) is 5.41. The molecule has 7 heteroatoms. The van der Waals surface area contributed by atoms with Crippen molar-refractivity contribution in [2.45, 2.75) is 0 Å². The van der Waals surface area contributed by atoms with E-state index in [1.165, 1.54) is 12.3 Å². The average Bonchev–Trinajstić information content (AvgIpc) is 3.64. The molecule has 5 aromatic rings. The zero-order valence-corrected chi connectivity index (χ0v) is 20.0. The minimum Gasteiger partial charge on any atom is -0.497 e. The third-order valence-corrected chi connectivity index (χ3v) is 5.71. The zero-order valence-electron chi connectivity index (χ0n) is 20.0. The van der Waals surface area contributed by atoms with E-state index in [1.54, 1.807) is 54.3 Å². The molecule has 3 aromatic carbocycles. The molecule has 0 radical (unpaired) electrons. The normalized spacial score (nSPS) is 10.9. The number of methoxy groups -OCH3 is 1. The van der Waals surface area contributed by atoms with Crippen LogP contribution in [-0.2, 0) is 0 Å². The number of amides is 1. The molecule has 0 saturated heterocycles. The molecule has 0 aliphatic heterocycles. The molecule has 0 bridgehead atoms. The molecule has 5 rings (SSSR count). The van der Waals surface area contributed by atoms with Gasteiger partial charge in [0.15, 0.2) is 11.5 Å². The summed E-state index contributed by atoms with van der Waals surface area (Å²) in [5, 5.41) is 7.52. The Kier molecular flexibility index (Phi) is 6.76. The summed E-state index contributed by atoms with van der Waals surface area (Å²) in [4.78, 5) is 25.1. The highest BCUT2D eigenvalue weighted by molar-refractivity contribution is 6.08. The summed E-state index contributed by atoms with van der Waals surface area (Å²) in [5.41, 5.74) is 4.41. The second-order valence-corrected chi connectivity index (χ2v) is 8.15. The first-order valence-electron chi connectivity index (χ1n) is 11.6. The maximum absolute atomic E-state index is 12.9. The molecule has 0 fully saturated rings. The Bertz CT molecular complexity index is 1530. The number of ketones is 1. The Labute approximate surface area is 213 Å². The molecule has 2 aromatic heterocycles. The third-order valence-electron chi connectivity index (χ3n) is 5.71. The Morgan fingerprint density at radius 3 is 2.35 bits per heavy atom. The molecule has 182 valence electrons. The van der Waals surface area contributed by atoms with E-state index in [0.717, 1.165) is 28.3 Å². The van der Waals surface area contributed by atoms with E-state index in [4.69, 9.17) is 14.3 Å². The van der Waals surface area contributed by atoms with Crippen molar-refractivity contribution in [3.05, 3.63) is 126 Å². The number of anilines is 1. The lowest BCUT2D eigenvalue weighted by Gasteiger charge is -2.04. The second kappa shape index (κ2) is 10.6. The molecule has 1 amide bonds. The van der Waals surface area contributed by atoms with E-state index in [0.29, 0.717) is 11.3 Å². The van der Waals surface area contributed by atoms with Gasteiger partial charge in [0.05, 0.1) is 24.8 Å². The topological polar surface area (TPSA) is 86.4 Å². The predicted molar refractivity (Wildman–Crippen MR) is 142 cm³/mol. The van der Waals surface area contributed by atoms with Gasteiger partial charge < -0.3 is 14.5 Å². The SMILES string of the molecule is COc1ccc(-c2nn(-c3ccccc3)cc2/C=C/C(=O)c2ccc(NC(=O)c3ccco3)cc2)cc1. The van der Waals surface area contributed by atoms with E-state index in [2.05, 4.69) is 5.32 Å². The standard InChI is InChI=1S/C30H23N3O4/c1-36-26-16-11-22(12-17-26)29-23(20-33(32-29)25-6-3-2-4-7-25)13-18-27(34)21-9-14-24(15-10-21)31-30(35)28-8-5-19-37-28/h2-20H,1H3,(H,31,35)/b18-13+. The van der Waals surface area contributed by atoms with Gasteiger partial charge in [-0.1, -0.05) is 18.2 Å². The van der Waals surface area contributed by atoms with Crippen molar-refractivity contribution in [1.29, 1.82) is 0 Å². The Morgan fingerprint density at radius 2 is 1.68 bits per heavy atom. The summed E-state index contributed by atoms with van der Waals surface area (Å²) in [6.07, 6.45) is 6.62. The van der Waals surface area contributed by atoms with Crippen molar-refractivity contribution in [3.8, 4) is 22.7 Å². The number of rotatable bonds is 8. The lowest BCUT2D eigenvalue weighted by atomic mass is 10.1. The first kappa shape index (κ1) is 23.6. The number of allylic oxidation sites excluding steroid dienone is 1. The van der Waals surface area contributed by atoms with Crippen LogP contribution in [0.3, 0.4) is 0 Å². The van der Waals surface area contributed by atoms with Crippen molar-refractivity contribution in [3.63, 3.8) is 0 Å². The van der Waals surface area contributed by atoms with E-state index in [-0.39, 0.29) is 17.5 Å². The highest BCUT2D eigenvalue weighted by Gasteiger charge is 2.12. The number of nitrogens with zero attached hydrogens (tertiary/aromatic N) is 2. The summed E-state index contributed by atoms with van der Waals surface area (Å²) in [7, 11) is 1.62. The molecule has 1 N–H and O–H groups in total. The van der Waals surface area contributed by atoms with Crippen molar-refractivity contribution in [2.75, 3.05) is 12.4 Å². The molecule has 0 atom stereocenters. The van der Waals surface area contributed by atoms with Gasteiger partial charge in [-0.25, -0.2) is 4.68 Å². The van der Waals surface area contributed by atoms with E-state index in [1.807, 2.05) is 60.8 Å². The molecular formula is C30H23N3O4. The minimum atomic E-state index is -0.356. The maximum atomic E-state index is 12.9. The monoisotopic (exact) mass is 489 g/mol. The highest BCUT2D eigenvalue weighted by atomic mass is 16.5. The van der Waals surface area contributed by atoms with Gasteiger partial charge in [-0.3, -0.25) is 9.59 Å². The Balaban J connectivity index is 1.38. The molecule has 0 spiro atoms. The number of carbonyl (C=O) groups excluding carboxylic acids is 2. The van der Waals surface area contributed by atoms with Gasteiger partial charge in [-0.05, 0) is 84.9 Å². The molecule has 2 heterocycles. The van der Waals surface area contributed by atoms with Gasteiger partial charge in [0.2, 0.25) is 0 Å². The van der Waals surface area contributed by atoms with Crippen LogP contribution in [0.1, 0.15) is 26.5 Å². The molecule has 0 unspecified atom stereocenters. The van der Waals surface area contributed by atoms with Crippen LogP contribution in [0.2, 0.25) is 0 Å². The average molecular weight is 490 g/mol. The van der Waals surface area contributed by atoms with Gasteiger partial charge in [0, 0.05) is 28.6 Å². The second-order valence-electron chi connectivity index (χ2n) is 8.15. The maximum Gasteiger partial charge on any atom is 0.291 e. The summed E-state index contributed by atoms with van der Waals surface area (Å²) >= 11 is 0. The predicted octanol–water partition coefficient (Wildman–Crippen LogP) is 6.29. The molecule has 0 saturated carbocycles. The zero-order chi connectivity index (χ0) is 25.6. The Morgan fingerprint density at radius 1 is 0.919 bits per heavy atom. The van der Waals surface area contributed by atoms with Crippen molar-refractivity contribution < 1.29 is 18.7 Å². The summed E-state index contributed by atoms with van der Waals surface area (Å²) in [6, 6.07) is 27.3. The van der Waals surface area contributed by atoms with Crippen LogP contribution in [0.25, 0.3) is 23.0 Å². The lowest BCUT2D eigenvalue weighted by molar-refractivity contribution is 0.0996. The van der Waals surface area contributed by atoms with Crippen LogP contribution in [0.15, 0.2) is 114 Å². The number of ether oxygens (including phenoxy) is 1. The van der Waals surface area contributed by atoms with Crippen molar-refractivity contribution in [2.24, 2.45) is 0 Å². The minimum absolute atomic E-state index is 0.169. The lowest BCUT2D eigenvalue weighted by Crippen LogP contribution is -2.10. The molecule has 0 aliphatic rings. The van der Waals surface area contributed by atoms with E-state index >= 15 is 0 Å². The van der Waals surface area contributed by atoms with Crippen LogP contribution in [-0.4, -0.2) is 28.6 Å². The Hall–Kier alpha value is -5.17. The summed E-state index contributed by atoms with van der Waals surface area (Å²) in [6.45, 7) is 0. The highest BCUT2D eigenvalue weighted by Crippen LogP contribution is 2.27. The molecule has 37 heavy (non-hydrogen) atoms. The number of hydrogen-bond acceptors (Lipinski definition) is 5. The number of nitrogens with one attached hydrogen (secondary N) is 1. The van der Waals surface area contributed by atoms with Gasteiger partial charge in [0.25, 0.3) is 5.91 Å². The largest absolute Gasteiger partial charge is 0.497 e. The van der Waals surface area contributed by atoms with Crippen molar-refractivity contribution >= 4 is 23.5 Å². The van der Waals surface area contributed by atoms with E-state index < -0.39 is 0 Å². The fourth-order valence-corrected chi connectivity index (χ4v) is 3.78. The number of aromatic nitrogens is 2. The van der Waals surface area contributed by atoms with Crippen LogP contribution in [0, 0.1) is 0 Å². The quantitative estimate of drug-likeness (QED) is 0.204. The fourth-order valence-electron chi connectivity index (χ4n) is 3.78. The van der Waals surface area contributed by atoms with Crippen LogP contribution < -0.4 is 10.1 Å². The number of hydrogen-bond donors (Lipinski definition) is 1. The molecular weight excluding hydrogens is 466 g/mol. The van der Waals surface area contributed by atoms with Gasteiger partial charge >= 0.3 is 0 Å². The van der Waals surface area contributed by atoms with Gasteiger partial charge in [-0.15, -0.1) is 0 Å². The number of furan rings is 1.